The number of benzene rings is 1. The molecule has 0 unspecified atom stereocenters. The minimum Gasteiger partial charge on any atom is -0.340 e. The second kappa shape index (κ2) is 5.98. The highest BCUT2D eigenvalue weighted by atomic mass is 16.2. The van der Waals surface area contributed by atoms with Gasteiger partial charge in [0.1, 0.15) is 0 Å². The van der Waals surface area contributed by atoms with Gasteiger partial charge in [-0.2, -0.15) is 0 Å². The van der Waals surface area contributed by atoms with Gasteiger partial charge in [0.05, 0.1) is 0 Å². The van der Waals surface area contributed by atoms with E-state index in [1.54, 1.807) is 5.01 Å². The molecule has 1 aromatic carbocycles. The predicted octanol–water partition coefficient (Wildman–Crippen LogP) is 0.946. The first-order chi connectivity index (χ1) is 8.65. The quantitative estimate of drug-likeness (QED) is 0.809. The molecule has 0 spiro atoms. The molecule has 0 atom stereocenters. The van der Waals surface area contributed by atoms with Crippen LogP contribution < -0.4 is 5.84 Å². The topological polar surface area (TPSA) is 49.6 Å². The van der Waals surface area contributed by atoms with E-state index < -0.39 is 0 Å². The molecule has 0 saturated carbocycles. The van der Waals surface area contributed by atoms with Crippen molar-refractivity contribution in [2.24, 2.45) is 5.84 Å². The summed E-state index contributed by atoms with van der Waals surface area (Å²) < 4.78 is 0. The molecule has 1 amide bonds. The summed E-state index contributed by atoms with van der Waals surface area (Å²) in [5, 5.41) is 1.77. The van der Waals surface area contributed by atoms with Crippen molar-refractivity contribution in [2.45, 2.75) is 19.8 Å². The van der Waals surface area contributed by atoms with Crippen LogP contribution in [0.15, 0.2) is 24.3 Å². The Labute approximate surface area is 108 Å². The number of hydrogen-bond donors (Lipinski definition) is 1. The van der Waals surface area contributed by atoms with E-state index in [9.17, 15) is 4.79 Å². The summed E-state index contributed by atoms with van der Waals surface area (Å²) in [6.07, 6.45) is 1.41. The third kappa shape index (κ3) is 3.55. The van der Waals surface area contributed by atoms with Crippen LogP contribution in [0.3, 0.4) is 0 Å². The summed E-state index contributed by atoms with van der Waals surface area (Å²) >= 11 is 0. The van der Waals surface area contributed by atoms with Crippen LogP contribution in [0.2, 0.25) is 0 Å². The van der Waals surface area contributed by atoms with Crippen LogP contribution in [-0.2, 0) is 11.2 Å². The van der Waals surface area contributed by atoms with E-state index >= 15 is 0 Å². The molecule has 1 aliphatic heterocycles. The number of nitrogens with two attached hydrogens (primary N) is 1. The minimum absolute atomic E-state index is 0.240. The Bertz CT molecular complexity index is 394. The molecular formula is C14H21N3O. The van der Waals surface area contributed by atoms with Crippen molar-refractivity contribution in [3.8, 4) is 0 Å². The molecule has 0 aliphatic carbocycles. The van der Waals surface area contributed by atoms with Gasteiger partial charge in [-0.05, 0) is 18.9 Å². The molecule has 1 fully saturated rings. The zero-order valence-corrected chi connectivity index (χ0v) is 10.9. The lowest BCUT2D eigenvalue weighted by Gasteiger charge is -2.32. The van der Waals surface area contributed by atoms with E-state index in [2.05, 4.69) is 31.2 Å². The zero-order valence-electron chi connectivity index (χ0n) is 10.9. The maximum atomic E-state index is 12.0. The summed E-state index contributed by atoms with van der Waals surface area (Å²) in [5.74, 6) is 5.91. The Morgan fingerprint density at radius 1 is 1.17 bits per heavy atom. The Hall–Kier alpha value is -1.39. The molecule has 1 saturated heterocycles. The number of carbonyl (C=O) groups excluding carboxylic acids is 1. The van der Waals surface area contributed by atoms with Crippen LogP contribution in [0.4, 0.5) is 0 Å². The van der Waals surface area contributed by atoms with E-state index in [1.807, 2.05) is 4.90 Å². The Morgan fingerprint density at radius 2 is 1.78 bits per heavy atom. The summed E-state index contributed by atoms with van der Waals surface area (Å²) in [5.41, 5.74) is 2.48. The molecule has 1 heterocycles. The molecule has 18 heavy (non-hydrogen) atoms. The Balaban J connectivity index is 1.79. The number of amides is 1. The third-order valence-corrected chi connectivity index (χ3v) is 3.42. The third-order valence-electron chi connectivity index (χ3n) is 3.42. The number of rotatable bonds is 3. The number of aryl methyl sites for hydroxylation is 2. The van der Waals surface area contributed by atoms with Gasteiger partial charge < -0.3 is 4.90 Å². The van der Waals surface area contributed by atoms with Gasteiger partial charge in [0.25, 0.3) is 0 Å². The summed E-state index contributed by atoms with van der Waals surface area (Å²) in [7, 11) is 0. The number of hydrazine groups is 1. The van der Waals surface area contributed by atoms with Crippen LogP contribution in [0, 0.1) is 6.92 Å². The van der Waals surface area contributed by atoms with Gasteiger partial charge in [0.15, 0.2) is 0 Å². The fourth-order valence-corrected chi connectivity index (χ4v) is 2.14. The van der Waals surface area contributed by atoms with Crippen molar-refractivity contribution in [1.29, 1.82) is 0 Å². The molecule has 2 N–H and O–H groups in total. The lowest BCUT2D eigenvalue weighted by Crippen LogP contribution is -2.51. The number of hydrogen-bond acceptors (Lipinski definition) is 3. The summed E-state index contributed by atoms with van der Waals surface area (Å²) in [6.45, 7) is 5.13. The van der Waals surface area contributed by atoms with Crippen LogP contribution in [0.25, 0.3) is 0 Å². The Morgan fingerprint density at radius 3 is 2.39 bits per heavy atom. The summed E-state index contributed by atoms with van der Waals surface area (Å²) in [6, 6.07) is 8.38. The van der Waals surface area contributed by atoms with E-state index in [-0.39, 0.29) is 5.91 Å². The fourth-order valence-electron chi connectivity index (χ4n) is 2.14. The van der Waals surface area contributed by atoms with Gasteiger partial charge in [-0.25, -0.2) is 5.01 Å². The van der Waals surface area contributed by atoms with Gasteiger partial charge in [0, 0.05) is 32.6 Å². The van der Waals surface area contributed by atoms with Gasteiger partial charge in [-0.1, -0.05) is 29.8 Å². The second-order valence-electron chi connectivity index (χ2n) is 4.90. The maximum absolute atomic E-state index is 12.0. The molecule has 0 aromatic heterocycles. The highest BCUT2D eigenvalue weighted by Gasteiger charge is 2.18. The fraction of sp³-hybridized carbons (Fsp3) is 0.500. The van der Waals surface area contributed by atoms with E-state index in [0.29, 0.717) is 6.42 Å². The van der Waals surface area contributed by atoms with E-state index in [0.717, 1.165) is 32.6 Å². The number of nitrogens with zero attached hydrogens (tertiary/aromatic N) is 2. The minimum atomic E-state index is 0.240. The van der Waals surface area contributed by atoms with Gasteiger partial charge >= 0.3 is 0 Å². The molecule has 4 nitrogen and oxygen atoms in total. The molecule has 2 rings (SSSR count). The van der Waals surface area contributed by atoms with Gasteiger partial charge in [-0.15, -0.1) is 0 Å². The van der Waals surface area contributed by atoms with Crippen molar-refractivity contribution in [3.05, 3.63) is 35.4 Å². The van der Waals surface area contributed by atoms with Crippen molar-refractivity contribution in [2.75, 3.05) is 26.2 Å². The molecule has 1 aromatic rings. The van der Waals surface area contributed by atoms with Crippen molar-refractivity contribution in [1.82, 2.24) is 9.91 Å². The monoisotopic (exact) mass is 247 g/mol. The molecular weight excluding hydrogens is 226 g/mol. The Kier molecular flexibility index (Phi) is 4.33. The van der Waals surface area contributed by atoms with Crippen molar-refractivity contribution >= 4 is 5.91 Å². The first-order valence-corrected chi connectivity index (χ1v) is 6.48. The highest BCUT2D eigenvalue weighted by molar-refractivity contribution is 5.76. The SMILES string of the molecule is Cc1ccc(CCC(=O)N2CCN(N)CC2)cc1. The average molecular weight is 247 g/mol. The summed E-state index contributed by atoms with van der Waals surface area (Å²) in [4.78, 5) is 13.9. The lowest BCUT2D eigenvalue weighted by molar-refractivity contribution is -0.132. The maximum Gasteiger partial charge on any atom is 0.222 e. The number of carbonyl (C=O) groups is 1. The smallest absolute Gasteiger partial charge is 0.222 e. The van der Waals surface area contributed by atoms with E-state index in [4.69, 9.17) is 5.84 Å². The molecule has 1 aliphatic rings. The van der Waals surface area contributed by atoms with Crippen LogP contribution >= 0.6 is 0 Å². The van der Waals surface area contributed by atoms with Crippen LogP contribution in [-0.4, -0.2) is 42.0 Å². The first-order valence-electron chi connectivity index (χ1n) is 6.48. The molecule has 0 radical (unpaired) electrons. The normalized spacial score (nSPS) is 16.9. The van der Waals surface area contributed by atoms with Crippen LogP contribution in [0.1, 0.15) is 17.5 Å². The largest absolute Gasteiger partial charge is 0.340 e. The zero-order chi connectivity index (χ0) is 13.0. The highest BCUT2D eigenvalue weighted by Crippen LogP contribution is 2.08. The molecule has 98 valence electrons. The lowest BCUT2D eigenvalue weighted by atomic mass is 10.1. The van der Waals surface area contributed by atoms with Crippen molar-refractivity contribution < 1.29 is 4.79 Å². The van der Waals surface area contributed by atoms with E-state index in [1.165, 1.54) is 11.1 Å². The van der Waals surface area contributed by atoms with Crippen molar-refractivity contribution in [3.63, 3.8) is 0 Å². The number of piperazine rings is 1. The standard InChI is InChI=1S/C14H21N3O/c1-12-2-4-13(5-3-12)6-7-14(18)16-8-10-17(15)11-9-16/h2-5H,6-11,15H2,1H3. The second-order valence-corrected chi connectivity index (χ2v) is 4.90. The average Bonchev–Trinajstić information content (AvgIpc) is 2.38. The van der Waals surface area contributed by atoms with Crippen LogP contribution in [0.5, 0.6) is 0 Å². The van der Waals surface area contributed by atoms with Gasteiger partial charge in [0.2, 0.25) is 5.91 Å². The first kappa shape index (κ1) is 13.1. The predicted molar refractivity (Wildman–Crippen MR) is 71.8 cm³/mol. The molecule has 4 heteroatoms. The van der Waals surface area contributed by atoms with Gasteiger partial charge in [-0.3, -0.25) is 10.6 Å². The molecule has 0 bridgehead atoms.